The zero-order valence-corrected chi connectivity index (χ0v) is 24.1. The molecular weight excluding hydrogens is 492 g/mol. The van der Waals surface area contributed by atoms with Crippen LogP contribution in [0.25, 0.3) is 10.9 Å². The van der Waals surface area contributed by atoms with Gasteiger partial charge in [0.05, 0.1) is 12.0 Å². The second-order valence-electron chi connectivity index (χ2n) is 12.7. The maximum Gasteiger partial charge on any atom is 0.410 e. The number of fused-ring (bicyclic) bond motifs is 1. The summed E-state index contributed by atoms with van der Waals surface area (Å²) in [5.74, 6) is 0.574. The highest BCUT2D eigenvalue weighted by Crippen LogP contribution is 2.41. The summed E-state index contributed by atoms with van der Waals surface area (Å²) in [6.07, 6.45) is 8.64. The van der Waals surface area contributed by atoms with Crippen molar-refractivity contribution in [3.05, 3.63) is 36.0 Å². The molecule has 2 amide bonds. The summed E-state index contributed by atoms with van der Waals surface area (Å²) >= 11 is 0. The molecular formula is C31H46N4O4. The van der Waals surface area contributed by atoms with Gasteiger partial charge in [-0.05, 0) is 83.3 Å². The van der Waals surface area contributed by atoms with Gasteiger partial charge in [-0.3, -0.25) is 4.79 Å². The number of rotatable bonds is 11. The monoisotopic (exact) mass is 538 g/mol. The predicted molar refractivity (Wildman–Crippen MR) is 152 cm³/mol. The third-order valence-electron chi connectivity index (χ3n) is 8.23. The number of amides is 2. The molecule has 1 aliphatic heterocycles. The minimum absolute atomic E-state index is 0.00917. The number of ether oxygens (including phenoxy) is 2. The second-order valence-corrected chi connectivity index (χ2v) is 12.7. The molecule has 3 aliphatic rings. The Morgan fingerprint density at radius 3 is 2.54 bits per heavy atom. The van der Waals surface area contributed by atoms with Crippen LogP contribution in [0.2, 0.25) is 0 Å². The first-order chi connectivity index (χ1) is 18.7. The van der Waals surface area contributed by atoms with E-state index in [-0.39, 0.29) is 36.0 Å². The zero-order valence-electron chi connectivity index (χ0n) is 24.1. The van der Waals surface area contributed by atoms with Gasteiger partial charge in [-0.15, -0.1) is 0 Å². The summed E-state index contributed by atoms with van der Waals surface area (Å²) < 4.78 is 11.2. The number of carbonyl (C=O) groups is 2. The highest BCUT2D eigenvalue weighted by atomic mass is 16.6. The van der Waals surface area contributed by atoms with Gasteiger partial charge in [0, 0.05) is 62.5 Å². The topological polar surface area (TPSA) is 86.9 Å². The van der Waals surface area contributed by atoms with Crippen molar-refractivity contribution in [3.63, 3.8) is 0 Å². The Hall–Kier alpha value is -2.58. The lowest BCUT2D eigenvalue weighted by atomic mass is 9.91. The number of hydrogen-bond acceptors (Lipinski definition) is 5. The number of piperidine rings is 1. The minimum atomic E-state index is -0.548. The standard InChI is InChI=1S/C31H46N4O4/c1-31(2,3)39-30(37)34(20-21-11-12-21)24-16-22(17-32-18-24)29(36)35(23-13-14-23)28(10-7-15-38-4)26-19-33-27-9-6-5-8-25(26)27/h5-6,8-9,19,21-24,28,32-33H,7,10-18,20H2,1-4H3/t22-,24+,28?/m1/s1. The smallest absolute Gasteiger partial charge is 0.410 e. The van der Waals surface area contributed by atoms with Crippen LogP contribution in [-0.2, 0) is 14.3 Å². The number of methoxy groups -OCH3 is 1. The largest absolute Gasteiger partial charge is 0.444 e. The number of nitrogens with zero attached hydrogens (tertiary/aromatic N) is 2. The Morgan fingerprint density at radius 1 is 1.08 bits per heavy atom. The fourth-order valence-corrected chi connectivity index (χ4v) is 6.00. The molecule has 1 aromatic carbocycles. The van der Waals surface area contributed by atoms with E-state index >= 15 is 0 Å². The number of para-hydroxylation sites is 1. The molecule has 0 spiro atoms. The molecule has 1 saturated heterocycles. The van der Waals surface area contributed by atoms with Crippen molar-refractivity contribution in [3.8, 4) is 0 Å². The van der Waals surface area contributed by atoms with Crippen LogP contribution in [0, 0.1) is 11.8 Å². The van der Waals surface area contributed by atoms with Crippen LogP contribution >= 0.6 is 0 Å². The first kappa shape index (κ1) is 28.0. The molecule has 0 radical (unpaired) electrons. The van der Waals surface area contributed by atoms with E-state index in [1.54, 1.807) is 7.11 Å². The molecule has 2 heterocycles. The summed E-state index contributed by atoms with van der Waals surface area (Å²) in [7, 11) is 1.73. The average Bonchev–Trinajstić information content (AvgIpc) is 3.84. The van der Waals surface area contributed by atoms with Gasteiger partial charge < -0.3 is 29.6 Å². The van der Waals surface area contributed by atoms with Crippen LogP contribution in [0.4, 0.5) is 4.79 Å². The highest BCUT2D eigenvalue weighted by Gasteiger charge is 2.44. The van der Waals surface area contributed by atoms with Gasteiger partial charge in [0.1, 0.15) is 5.60 Å². The van der Waals surface area contributed by atoms with Crippen molar-refractivity contribution in [2.75, 3.05) is 33.4 Å². The van der Waals surface area contributed by atoms with Gasteiger partial charge in [-0.1, -0.05) is 18.2 Å². The zero-order chi connectivity index (χ0) is 27.6. The van der Waals surface area contributed by atoms with Gasteiger partial charge in [0.15, 0.2) is 0 Å². The van der Waals surface area contributed by atoms with Crippen molar-refractivity contribution in [1.82, 2.24) is 20.1 Å². The summed E-state index contributed by atoms with van der Waals surface area (Å²) in [6, 6.07) is 8.56. The van der Waals surface area contributed by atoms with Crippen molar-refractivity contribution in [1.29, 1.82) is 0 Å². The van der Waals surface area contributed by atoms with Gasteiger partial charge in [-0.25, -0.2) is 4.79 Å². The lowest BCUT2D eigenvalue weighted by molar-refractivity contribution is -0.140. The SMILES string of the molecule is COCCCC(c1c[nH]c2ccccc12)N(C(=O)[C@H]1CNC[C@@H](N(CC2CC2)C(=O)OC(C)(C)C)C1)C1CC1. The van der Waals surface area contributed by atoms with Crippen molar-refractivity contribution < 1.29 is 19.1 Å². The molecule has 2 N–H and O–H groups in total. The minimum Gasteiger partial charge on any atom is -0.444 e. The molecule has 1 unspecified atom stereocenters. The van der Waals surface area contributed by atoms with E-state index in [1.165, 1.54) is 10.9 Å². The number of aromatic amines is 1. The van der Waals surface area contributed by atoms with Crippen molar-refractivity contribution in [2.24, 2.45) is 11.8 Å². The normalized spacial score (nSPS) is 22.5. The third kappa shape index (κ3) is 6.95. The maximum absolute atomic E-state index is 14.4. The van der Waals surface area contributed by atoms with Crippen LogP contribution in [0.1, 0.15) is 77.3 Å². The van der Waals surface area contributed by atoms with Gasteiger partial charge in [0.25, 0.3) is 0 Å². The van der Waals surface area contributed by atoms with E-state index in [2.05, 4.69) is 39.6 Å². The van der Waals surface area contributed by atoms with Crippen LogP contribution in [0.5, 0.6) is 0 Å². The molecule has 1 aromatic heterocycles. The molecule has 2 saturated carbocycles. The number of H-pyrrole nitrogens is 1. The van der Waals surface area contributed by atoms with E-state index < -0.39 is 5.60 Å². The van der Waals surface area contributed by atoms with Gasteiger partial charge in [0.2, 0.25) is 5.91 Å². The number of nitrogens with one attached hydrogen (secondary N) is 2. The van der Waals surface area contributed by atoms with Crippen LogP contribution < -0.4 is 5.32 Å². The first-order valence-electron chi connectivity index (χ1n) is 14.8. The molecule has 2 aliphatic carbocycles. The second kappa shape index (κ2) is 11.9. The summed E-state index contributed by atoms with van der Waals surface area (Å²) in [5, 5.41) is 4.68. The molecule has 2 aromatic rings. The lowest BCUT2D eigenvalue weighted by Gasteiger charge is -2.41. The molecule has 8 heteroatoms. The van der Waals surface area contributed by atoms with E-state index in [4.69, 9.17) is 9.47 Å². The molecule has 0 bridgehead atoms. The van der Waals surface area contributed by atoms with Gasteiger partial charge in [-0.2, -0.15) is 0 Å². The Labute approximate surface area is 232 Å². The summed E-state index contributed by atoms with van der Waals surface area (Å²) in [5.41, 5.74) is 1.74. The third-order valence-corrected chi connectivity index (χ3v) is 8.23. The number of carbonyl (C=O) groups excluding carboxylic acids is 2. The predicted octanol–water partition coefficient (Wildman–Crippen LogP) is 5.25. The molecule has 8 nitrogen and oxygen atoms in total. The summed E-state index contributed by atoms with van der Waals surface area (Å²) in [6.45, 7) is 8.45. The fraction of sp³-hybridized carbons (Fsp3) is 0.677. The van der Waals surface area contributed by atoms with Crippen LogP contribution in [0.15, 0.2) is 30.5 Å². The van der Waals surface area contributed by atoms with E-state index in [0.717, 1.165) is 44.0 Å². The first-order valence-corrected chi connectivity index (χ1v) is 14.8. The molecule has 214 valence electrons. The highest BCUT2D eigenvalue weighted by molar-refractivity contribution is 5.85. The van der Waals surface area contributed by atoms with E-state index in [0.29, 0.717) is 38.6 Å². The lowest BCUT2D eigenvalue weighted by Crippen LogP contribution is -2.56. The van der Waals surface area contributed by atoms with E-state index in [1.807, 2.05) is 31.7 Å². The number of aromatic nitrogens is 1. The average molecular weight is 539 g/mol. The molecule has 39 heavy (non-hydrogen) atoms. The van der Waals surface area contributed by atoms with Crippen LogP contribution in [-0.4, -0.2) is 77.8 Å². The van der Waals surface area contributed by atoms with Crippen molar-refractivity contribution in [2.45, 2.75) is 89.4 Å². The van der Waals surface area contributed by atoms with Crippen molar-refractivity contribution >= 4 is 22.9 Å². The fourth-order valence-electron chi connectivity index (χ4n) is 6.00. The Kier molecular flexibility index (Phi) is 8.52. The van der Waals surface area contributed by atoms with Gasteiger partial charge >= 0.3 is 6.09 Å². The summed E-state index contributed by atoms with van der Waals surface area (Å²) in [4.78, 5) is 35.2. The maximum atomic E-state index is 14.4. The van der Waals surface area contributed by atoms with Crippen LogP contribution in [0.3, 0.4) is 0 Å². The van der Waals surface area contributed by atoms with E-state index in [9.17, 15) is 9.59 Å². The molecule has 3 atom stereocenters. The molecule has 3 fully saturated rings. The number of benzene rings is 1. The molecule has 5 rings (SSSR count). The Morgan fingerprint density at radius 2 is 1.85 bits per heavy atom. The number of hydrogen-bond donors (Lipinski definition) is 2. The Balaban J connectivity index is 1.38. The Bertz CT molecular complexity index is 1130. The quantitative estimate of drug-likeness (QED) is 0.382.